The van der Waals surface area contributed by atoms with Crippen molar-refractivity contribution in [3.05, 3.63) is 35.9 Å². The van der Waals surface area contributed by atoms with Crippen LogP contribution in [0.25, 0.3) is 10.9 Å². The zero-order valence-corrected chi connectivity index (χ0v) is 12.2. The maximum Gasteiger partial charge on any atom is 0.252 e. The van der Waals surface area contributed by atoms with Gasteiger partial charge in [-0.15, -0.1) is 0 Å². The summed E-state index contributed by atoms with van der Waals surface area (Å²) < 4.78 is 5.40. The number of pyridine rings is 1. The number of nitrogen functional groups attached to an aromatic ring is 1. The largest absolute Gasteiger partial charge is 0.377 e. The lowest BCUT2D eigenvalue weighted by atomic mass is 10.1. The van der Waals surface area contributed by atoms with Crippen LogP contribution in [0.15, 0.2) is 30.3 Å². The lowest BCUT2D eigenvalue weighted by Crippen LogP contribution is -2.32. The first-order valence-electron chi connectivity index (χ1n) is 6.92. The van der Waals surface area contributed by atoms with Gasteiger partial charge in [-0.2, -0.15) is 0 Å². The molecule has 1 unspecified atom stereocenters. The van der Waals surface area contributed by atoms with E-state index in [1.165, 1.54) is 0 Å². The molecule has 0 saturated carbocycles. The van der Waals surface area contributed by atoms with Crippen LogP contribution in [0.5, 0.6) is 0 Å². The summed E-state index contributed by atoms with van der Waals surface area (Å²) in [6.45, 7) is 4.92. The maximum atomic E-state index is 12.4. The van der Waals surface area contributed by atoms with Crippen LogP contribution in [0, 0.1) is 0 Å². The molecule has 0 bridgehead atoms. The van der Waals surface area contributed by atoms with E-state index >= 15 is 0 Å². The SMILES string of the molecule is CCOC(C)CNC(=O)c1cc(NN)nc2ccccc12. The normalized spacial score (nSPS) is 12.1. The number of fused-ring (bicyclic) bond motifs is 1. The number of nitrogens with two attached hydrogens (primary N) is 1. The summed E-state index contributed by atoms with van der Waals surface area (Å²) in [6, 6.07) is 9.09. The van der Waals surface area contributed by atoms with E-state index in [1.54, 1.807) is 6.07 Å². The Kier molecular flexibility index (Phi) is 5.08. The topological polar surface area (TPSA) is 89.3 Å². The Morgan fingerprint density at radius 1 is 1.43 bits per heavy atom. The second-order valence-electron chi connectivity index (χ2n) is 4.69. The lowest BCUT2D eigenvalue weighted by molar-refractivity contribution is 0.0695. The van der Waals surface area contributed by atoms with Gasteiger partial charge in [-0.05, 0) is 26.0 Å². The van der Waals surface area contributed by atoms with Crippen molar-refractivity contribution in [2.45, 2.75) is 20.0 Å². The Bertz CT molecular complexity index is 630. The predicted molar refractivity (Wildman–Crippen MR) is 83.0 cm³/mol. The molecule has 2 aromatic rings. The number of ether oxygens (including phenoxy) is 1. The Hall–Kier alpha value is -2.18. The number of hydrogen-bond donors (Lipinski definition) is 3. The van der Waals surface area contributed by atoms with Crippen LogP contribution in [-0.2, 0) is 4.74 Å². The molecular formula is C15H20N4O2. The Labute approximate surface area is 123 Å². The van der Waals surface area contributed by atoms with Crippen molar-refractivity contribution < 1.29 is 9.53 Å². The van der Waals surface area contributed by atoms with Gasteiger partial charge < -0.3 is 15.5 Å². The zero-order chi connectivity index (χ0) is 15.2. The number of amides is 1. The molecule has 2 rings (SSSR count). The third-order valence-electron chi connectivity index (χ3n) is 3.11. The van der Waals surface area contributed by atoms with Crippen molar-refractivity contribution in [1.29, 1.82) is 0 Å². The molecule has 0 radical (unpaired) electrons. The number of anilines is 1. The van der Waals surface area contributed by atoms with Crippen molar-refractivity contribution in [3.8, 4) is 0 Å². The molecule has 0 aliphatic heterocycles. The average Bonchev–Trinajstić information content (AvgIpc) is 2.51. The van der Waals surface area contributed by atoms with Gasteiger partial charge in [0, 0.05) is 18.5 Å². The smallest absolute Gasteiger partial charge is 0.252 e. The second kappa shape index (κ2) is 7.01. The maximum absolute atomic E-state index is 12.4. The number of hydrogen-bond acceptors (Lipinski definition) is 5. The van der Waals surface area contributed by atoms with Gasteiger partial charge in [-0.1, -0.05) is 18.2 Å². The van der Waals surface area contributed by atoms with E-state index in [4.69, 9.17) is 10.6 Å². The van der Waals surface area contributed by atoms with Gasteiger partial charge in [-0.3, -0.25) is 4.79 Å². The molecule has 0 aliphatic rings. The van der Waals surface area contributed by atoms with Crippen molar-refractivity contribution in [2.24, 2.45) is 5.84 Å². The van der Waals surface area contributed by atoms with Gasteiger partial charge in [0.1, 0.15) is 5.82 Å². The summed E-state index contributed by atoms with van der Waals surface area (Å²) in [4.78, 5) is 16.7. The van der Waals surface area contributed by atoms with Crippen LogP contribution in [0.1, 0.15) is 24.2 Å². The van der Waals surface area contributed by atoms with Gasteiger partial charge in [0.15, 0.2) is 0 Å². The third-order valence-corrected chi connectivity index (χ3v) is 3.11. The molecule has 0 aliphatic carbocycles. The van der Waals surface area contributed by atoms with E-state index in [0.29, 0.717) is 24.5 Å². The van der Waals surface area contributed by atoms with Crippen LogP contribution >= 0.6 is 0 Å². The molecule has 0 fully saturated rings. The summed E-state index contributed by atoms with van der Waals surface area (Å²) >= 11 is 0. The fraction of sp³-hybridized carbons (Fsp3) is 0.333. The number of para-hydroxylation sites is 1. The van der Waals surface area contributed by atoms with Gasteiger partial charge in [0.05, 0.1) is 17.2 Å². The highest BCUT2D eigenvalue weighted by atomic mass is 16.5. The molecule has 21 heavy (non-hydrogen) atoms. The number of nitrogens with zero attached hydrogens (tertiary/aromatic N) is 1. The first-order chi connectivity index (χ1) is 10.2. The van der Waals surface area contributed by atoms with Gasteiger partial charge in [0.25, 0.3) is 5.91 Å². The van der Waals surface area contributed by atoms with Crippen molar-refractivity contribution in [3.63, 3.8) is 0 Å². The quantitative estimate of drug-likeness (QED) is 0.556. The monoisotopic (exact) mass is 288 g/mol. The van der Waals surface area contributed by atoms with Crippen LogP contribution in [-0.4, -0.2) is 30.1 Å². The molecule has 1 heterocycles. The Balaban J connectivity index is 2.25. The Morgan fingerprint density at radius 3 is 2.90 bits per heavy atom. The highest BCUT2D eigenvalue weighted by Gasteiger charge is 2.13. The van der Waals surface area contributed by atoms with E-state index in [0.717, 1.165) is 10.9 Å². The van der Waals surface area contributed by atoms with Crippen molar-refractivity contribution in [2.75, 3.05) is 18.6 Å². The van der Waals surface area contributed by atoms with Gasteiger partial charge in [-0.25, -0.2) is 10.8 Å². The summed E-state index contributed by atoms with van der Waals surface area (Å²) in [5.41, 5.74) is 3.74. The fourth-order valence-electron chi connectivity index (χ4n) is 2.11. The molecular weight excluding hydrogens is 268 g/mol. The third kappa shape index (κ3) is 3.68. The van der Waals surface area contributed by atoms with Crippen molar-refractivity contribution in [1.82, 2.24) is 10.3 Å². The molecule has 1 atom stereocenters. The van der Waals surface area contributed by atoms with Crippen LogP contribution in [0.3, 0.4) is 0 Å². The molecule has 1 aromatic carbocycles. The van der Waals surface area contributed by atoms with E-state index in [2.05, 4.69) is 15.7 Å². The molecule has 4 N–H and O–H groups in total. The highest BCUT2D eigenvalue weighted by Crippen LogP contribution is 2.20. The van der Waals surface area contributed by atoms with Crippen LogP contribution in [0.2, 0.25) is 0 Å². The van der Waals surface area contributed by atoms with E-state index in [1.807, 2.05) is 38.1 Å². The molecule has 1 amide bonds. The summed E-state index contributed by atoms with van der Waals surface area (Å²) in [5, 5.41) is 3.66. The van der Waals surface area contributed by atoms with E-state index in [9.17, 15) is 4.79 Å². The van der Waals surface area contributed by atoms with Gasteiger partial charge >= 0.3 is 0 Å². The fourth-order valence-corrected chi connectivity index (χ4v) is 2.11. The molecule has 1 aromatic heterocycles. The minimum absolute atomic E-state index is 0.0286. The minimum atomic E-state index is -0.170. The number of carbonyl (C=O) groups excluding carboxylic acids is 1. The molecule has 6 heteroatoms. The number of nitrogens with one attached hydrogen (secondary N) is 2. The van der Waals surface area contributed by atoms with Crippen LogP contribution in [0.4, 0.5) is 5.82 Å². The second-order valence-corrected chi connectivity index (χ2v) is 4.69. The molecule has 0 saturated heterocycles. The number of hydrazine groups is 1. The first kappa shape index (κ1) is 15.2. The van der Waals surface area contributed by atoms with E-state index < -0.39 is 0 Å². The summed E-state index contributed by atoms with van der Waals surface area (Å²) in [6.07, 6.45) is -0.0286. The number of aromatic nitrogens is 1. The predicted octanol–water partition coefficient (Wildman–Crippen LogP) is 1.68. The highest BCUT2D eigenvalue weighted by molar-refractivity contribution is 6.06. The standard InChI is InChI=1S/C15H20N4O2/c1-3-21-10(2)9-17-15(20)12-8-14(19-16)18-13-7-5-4-6-11(12)13/h4-8,10H,3,9,16H2,1-2H3,(H,17,20)(H,18,19). The summed E-state index contributed by atoms with van der Waals surface area (Å²) in [7, 11) is 0. The first-order valence-corrected chi connectivity index (χ1v) is 6.92. The molecule has 112 valence electrons. The van der Waals surface area contributed by atoms with Crippen LogP contribution < -0.4 is 16.6 Å². The zero-order valence-electron chi connectivity index (χ0n) is 12.2. The molecule has 6 nitrogen and oxygen atoms in total. The summed E-state index contributed by atoms with van der Waals surface area (Å²) in [5.74, 6) is 5.69. The lowest BCUT2D eigenvalue weighted by Gasteiger charge is -2.14. The number of rotatable bonds is 6. The Morgan fingerprint density at radius 2 is 2.19 bits per heavy atom. The minimum Gasteiger partial charge on any atom is -0.377 e. The molecule has 0 spiro atoms. The number of benzene rings is 1. The average molecular weight is 288 g/mol. The van der Waals surface area contributed by atoms with Crippen molar-refractivity contribution >= 4 is 22.6 Å². The number of carbonyl (C=O) groups is 1. The van der Waals surface area contributed by atoms with Gasteiger partial charge in [0.2, 0.25) is 0 Å². The van der Waals surface area contributed by atoms with E-state index in [-0.39, 0.29) is 12.0 Å².